The van der Waals surface area contributed by atoms with Crippen LogP contribution in [0, 0.1) is 18.7 Å². The molecule has 14 heavy (non-hydrogen) atoms. The Labute approximate surface area is 87.9 Å². The molecule has 1 aromatic rings. The fourth-order valence-corrected chi connectivity index (χ4v) is 2.03. The minimum atomic E-state index is -2.10. The van der Waals surface area contributed by atoms with Gasteiger partial charge in [-0.15, -0.1) is 4.91 Å². The van der Waals surface area contributed by atoms with E-state index in [0.717, 1.165) is 29.7 Å². The fraction of sp³-hybridized carbons (Fsp3) is 0.455. The van der Waals surface area contributed by atoms with E-state index in [1.54, 1.807) is 12.1 Å². The summed E-state index contributed by atoms with van der Waals surface area (Å²) in [5, 5.41) is 4.40. The maximum Gasteiger partial charge on any atom is 0.0687 e. The minimum absolute atomic E-state index is 0.335. The van der Waals surface area contributed by atoms with E-state index in [2.05, 4.69) is 5.29 Å². The molecule has 0 fully saturated rings. The van der Waals surface area contributed by atoms with E-state index < -0.39 is 6.85 Å². The van der Waals surface area contributed by atoms with E-state index in [0.29, 0.717) is 12.1 Å². The highest BCUT2D eigenvalue weighted by atomic mass is 16.3. The minimum Gasteiger partial charge on any atom is -0.229 e. The molecule has 0 saturated heterocycles. The van der Waals surface area contributed by atoms with Gasteiger partial charge in [-0.25, -0.2) is 5.01 Å². The molecule has 0 N–H and O–H groups in total. The van der Waals surface area contributed by atoms with Gasteiger partial charge < -0.3 is 0 Å². The average Bonchev–Trinajstić information content (AvgIpc) is 2.26. The number of aryl methyl sites for hydroxylation is 3. The Bertz CT molecular complexity index is 457. The molecule has 1 heterocycles. The second-order valence-electron chi connectivity index (χ2n) is 3.61. The van der Waals surface area contributed by atoms with Crippen molar-refractivity contribution >= 4 is 5.69 Å². The molecule has 3 heteroatoms. The smallest absolute Gasteiger partial charge is 0.0687 e. The van der Waals surface area contributed by atoms with E-state index in [-0.39, 0.29) is 0 Å². The second-order valence-corrected chi connectivity index (χ2v) is 3.61. The predicted octanol–water partition coefficient (Wildman–Crippen LogP) is 2.74. The highest BCUT2D eigenvalue weighted by molar-refractivity contribution is 5.61. The standard InChI is InChI=1S/C11H14N2O/c1-8-6-9(2)11-10(7-8)4-3-5-13(11)12-14/h6-7H,3-5H2,1-2H3/i1D3. The number of nitroso groups, excluding NO2 is 1. The Morgan fingerprint density at radius 2 is 2.43 bits per heavy atom. The average molecular weight is 193 g/mol. The number of anilines is 1. The van der Waals surface area contributed by atoms with Gasteiger partial charge in [-0.3, -0.25) is 0 Å². The molecule has 0 spiro atoms. The van der Waals surface area contributed by atoms with Crippen LogP contribution in [0.4, 0.5) is 5.69 Å². The molecule has 0 unspecified atom stereocenters. The largest absolute Gasteiger partial charge is 0.229 e. The highest BCUT2D eigenvalue weighted by Gasteiger charge is 2.19. The Morgan fingerprint density at radius 1 is 1.57 bits per heavy atom. The second kappa shape index (κ2) is 3.40. The first-order valence-electron chi connectivity index (χ1n) is 6.18. The normalized spacial score (nSPS) is 19.2. The Morgan fingerprint density at radius 3 is 3.14 bits per heavy atom. The Hall–Kier alpha value is -1.38. The molecule has 1 aromatic carbocycles. The molecule has 2 rings (SSSR count). The van der Waals surface area contributed by atoms with E-state index in [1.807, 2.05) is 6.92 Å². The molecule has 0 radical (unpaired) electrons. The van der Waals surface area contributed by atoms with Crippen LogP contribution in [0.5, 0.6) is 0 Å². The molecule has 0 saturated carbocycles. The summed E-state index contributed by atoms with van der Waals surface area (Å²) in [4.78, 5) is 10.7. The van der Waals surface area contributed by atoms with Crippen LogP contribution < -0.4 is 5.01 Å². The van der Waals surface area contributed by atoms with E-state index >= 15 is 0 Å². The lowest BCUT2D eigenvalue weighted by Gasteiger charge is -2.26. The van der Waals surface area contributed by atoms with Gasteiger partial charge in [0.2, 0.25) is 0 Å². The van der Waals surface area contributed by atoms with E-state index in [1.165, 1.54) is 5.01 Å². The number of hydrogen-bond acceptors (Lipinski definition) is 2. The zero-order chi connectivity index (χ0) is 12.6. The summed E-state index contributed by atoms with van der Waals surface area (Å²) in [5.74, 6) is 0. The predicted molar refractivity (Wildman–Crippen MR) is 57.4 cm³/mol. The molecular weight excluding hydrogens is 176 g/mol. The first-order valence-corrected chi connectivity index (χ1v) is 4.68. The van der Waals surface area contributed by atoms with Crippen molar-refractivity contribution in [3.63, 3.8) is 0 Å². The van der Waals surface area contributed by atoms with Gasteiger partial charge >= 0.3 is 0 Å². The lowest BCUT2D eigenvalue weighted by Crippen LogP contribution is -2.24. The van der Waals surface area contributed by atoms with Crippen molar-refractivity contribution in [1.82, 2.24) is 0 Å². The highest BCUT2D eigenvalue weighted by Crippen LogP contribution is 2.31. The number of fused-ring (bicyclic) bond motifs is 1. The first-order chi connectivity index (χ1) is 7.93. The summed E-state index contributed by atoms with van der Waals surface area (Å²) in [7, 11) is 0. The summed E-state index contributed by atoms with van der Waals surface area (Å²) >= 11 is 0. The van der Waals surface area contributed by atoms with Crippen LogP contribution in [0.25, 0.3) is 0 Å². The molecule has 0 aliphatic carbocycles. The van der Waals surface area contributed by atoms with Crippen molar-refractivity contribution in [3.05, 3.63) is 33.7 Å². The van der Waals surface area contributed by atoms with Crippen molar-refractivity contribution in [2.24, 2.45) is 5.29 Å². The number of nitrogens with zero attached hydrogens (tertiary/aromatic N) is 2. The molecular formula is C11H14N2O. The van der Waals surface area contributed by atoms with Crippen LogP contribution in [0.2, 0.25) is 0 Å². The molecule has 3 nitrogen and oxygen atoms in total. The van der Waals surface area contributed by atoms with Crippen molar-refractivity contribution in [1.29, 1.82) is 0 Å². The quantitative estimate of drug-likeness (QED) is 0.642. The molecule has 0 aromatic heterocycles. The maximum atomic E-state index is 10.7. The summed E-state index contributed by atoms with van der Waals surface area (Å²) in [5.41, 5.74) is 2.82. The van der Waals surface area contributed by atoms with Gasteiger partial charge in [0.15, 0.2) is 0 Å². The zero-order valence-electron chi connectivity index (χ0n) is 11.1. The van der Waals surface area contributed by atoms with Gasteiger partial charge in [0.1, 0.15) is 0 Å². The lowest BCUT2D eigenvalue weighted by molar-refractivity contribution is 0.708. The number of rotatable bonds is 1. The summed E-state index contributed by atoms with van der Waals surface area (Å²) in [6.07, 6.45) is 1.62. The molecule has 74 valence electrons. The summed E-state index contributed by atoms with van der Waals surface area (Å²) in [6, 6.07) is 3.29. The van der Waals surface area contributed by atoms with Crippen LogP contribution in [-0.2, 0) is 6.42 Å². The first kappa shape index (κ1) is 6.17. The van der Waals surface area contributed by atoms with Crippen molar-refractivity contribution < 1.29 is 4.11 Å². The molecule has 1 aliphatic heterocycles. The third-order valence-electron chi connectivity index (χ3n) is 2.55. The van der Waals surface area contributed by atoms with Crippen molar-refractivity contribution in [2.45, 2.75) is 26.6 Å². The maximum absolute atomic E-state index is 10.7. The molecule has 1 aliphatic rings. The van der Waals surface area contributed by atoms with Gasteiger partial charge in [0.25, 0.3) is 0 Å². The molecule has 0 atom stereocenters. The number of benzene rings is 1. The SMILES string of the molecule is [2H]C([2H])([2H])c1cc(C)c2c(c1)CCCN2N=O. The Balaban J connectivity index is 2.55. The fourth-order valence-electron chi connectivity index (χ4n) is 2.03. The molecule has 0 bridgehead atoms. The van der Waals surface area contributed by atoms with Gasteiger partial charge in [-0.1, -0.05) is 17.7 Å². The molecule has 0 amide bonds. The third-order valence-corrected chi connectivity index (χ3v) is 2.55. The van der Waals surface area contributed by atoms with Gasteiger partial charge in [0.05, 0.1) is 11.0 Å². The van der Waals surface area contributed by atoms with Crippen LogP contribution in [0.1, 0.15) is 27.2 Å². The lowest BCUT2D eigenvalue weighted by atomic mass is 9.97. The number of hydrogen-bond donors (Lipinski definition) is 0. The van der Waals surface area contributed by atoms with Gasteiger partial charge in [-0.05, 0) is 37.7 Å². The van der Waals surface area contributed by atoms with Crippen molar-refractivity contribution in [3.8, 4) is 0 Å². The summed E-state index contributed by atoms with van der Waals surface area (Å²) < 4.78 is 22.2. The topological polar surface area (TPSA) is 32.7 Å². The van der Waals surface area contributed by atoms with Gasteiger partial charge in [-0.2, -0.15) is 0 Å². The third kappa shape index (κ3) is 1.39. The van der Waals surface area contributed by atoms with Crippen LogP contribution in [-0.4, -0.2) is 6.54 Å². The van der Waals surface area contributed by atoms with Crippen LogP contribution in [0.3, 0.4) is 0 Å². The van der Waals surface area contributed by atoms with E-state index in [4.69, 9.17) is 4.11 Å². The van der Waals surface area contributed by atoms with Gasteiger partial charge in [0, 0.05) is 10.7 Å². The zero-order valence-corrected chi connectivity index (χ0v) is 8.08. The van der Waals surface area contributed by atoms with Crippen LogP contribution in [0.15, 0.2) is 17.4 Å². The monoisotopic (exact) mass is 193 g/mol. The van der Waals surface area contributed by atoms with Crippen molar-refractivity contribution in [2.75, 3.05) is 11.6 Å². The van der Waals surface area contributed by atoms with E-state index in [9.17, 15) is 4.91 Å². The Kier molecular flexibility index (Phi) is 1.50. The van der Waals surface area contributed by atoms with Crippen LogP contribution >= 0.6 is 0 Å². The summed E-state index contributed by atoms with van der Waals surface area (Å²) in [6.45, 7) is 0.318.